The Bertz CT molecular complexity index is 668. The van der Waals surface area contributed by atoms with E-state index in [0.717, 1.165) is 5.75 Å². The monoisotopic (exact) mass is 296 g/mol. The minimum Gasteiger partial charge on any atom is -0.466 e. The predicted molar refractivity (Wildman–Crippen MR) is 83.3 cm³/mol. The van der Waals surface area contributed by atoms with Crippen molar-refractivity contribution >= 4 is 17.5 Å². The molecule has 0 aromatic heterocycles. The molecule has 4 heteroatoms. The van der Waals surface area contributed by atoms with Crippen LogP contribution in [0.5, 0.6) is 11.5 Å². The van der Waals surface area contributed by atoms with Crippen molar-refractivity contribution in [2.75, 3.05) is 6.61 Å². The van der Waals surface area contributed by atoms with E-state index in [1.165, 1.54) is 0 Å². The van der Waals surface area contributed by atoms with Crippen molar-refractivity contribution in [3.05, 3.63) is 60.2 Å². The van der Waals surface area contributed by atoms with Gasteiger partial charge in [0.25, 0.3) is 0 Å². The number of para-hydroxylation sites is 1. The standard InChI is InChI=1S/C18H16O4/c1-2-21-18(20)12-15(13-19)14-8-10-17(11-9-14)22-16-6-4-3-5-7-16/h3-11H,2,12H2,1H3. The smallest absolute Gasteiger partial charge is 0.311 e. The van der Waals surface area contributed by atoms with Crippen LogP contribution in [0.25, 0.3) is 5.57 Å². The molecule has 2 aromatic rings. The first kappa shape index (κ1) is 15.5. The van der Waals surface area contributed by atoms with E-state index >= 15 is 0 Å². The summed E-state index contributed by atoms with van der Waals surface area (Å²) in [6.07, 6.45) is -0.0871. The van der Waals surface area contributed by atoms with E-state index in [4.69, 9.17) is 9.47 Å². The molecule has 0 unspecified atom stereocenters. The van der Waals surface area contributed by atoms with Crippen molar-refractivity contribution in [1.29, 1.82) is 0 Å². The summed E-state index contributed by atoms with van der Waals surface area (Å²) in [5.74, 6) is 2.74. The van der Waals surface area contributed by atoms with Crippen LogP contribution >= 0.6 is 0 Å². The van der Waals surface area contributed by atoms with Gasteiger partial charge in [0.2, 0.25) is 0 Å². The molecular weight excluding hydrogens is 280 g/mol. The number of benzene rings is 2. The highest BCUT2D eigenvalue weighted by molar-refractivity contribution is 5.96. The van der Waals surface area contributed by atoms with Crippen molar-refractivity contribution in [1.82, 2.24) is 0 Å². The van der Waals surface area contributed by atoms with Gasteiger partial charge in [0.15, 0.2) is 0 Å². The molecule has 0 bridgehead atoms. The van der Waals surface area contributed by atoms with E-state index in [1.807, 2.05) is 30.3 Å². The van der Waals surface area contributed by atoms with Crippen molar-refractivity contribution in [2.24, 2.45) is 0 Å². The molecule has 112 valence electrons. The van der Waals surface area contributed by atoms with E-state index in [9.17, 15) is 9.59 Å². The van der Waals surface area contributed by atoms with Gasteiger partial charge in [-0.15, -0.1) is 0 Å². The van der Waals surface area contributed by atoms with Gasteiger partial charge in [-0.1, -0.05) is 30.3 Å². The number of rotatable bonds is 6. The Morgan fingerprint density at radius 1 is 1.00 bits per heavy atom. The number of hydrogen-bond acceptors (Lipinski definition) is 4. The molecule has 0 atom stereocenters. The third kappa shape index (κ3) is 4.33. The molecule has 0 fully saturated rings. The van der Waals surface area contributed by atoms with Gasteiger partial charge in [-0.25, -0.2) is 4.79 Å². The van der Waals surface area contributed by atoms with Gasteiger partial charge in [0.1, 0.15) is 17.4 Å². The van der Waals surface area contributed by atoms with Crippen LogP contribution in [0.4, 0.5) is 0 Å². The van der Waals surface area contributed by atoms with Gasteiger partial charge in [0.05, 0.1) is 18.6 Å². The molecule has 0 saturated heterocycles. The lowest BCUT2D eigenvalue weighted by molar-refractivity contribution is -0.141. The summed E-state index contributed by atoms with van der Waals surface area (Å²) in [7, 11) is 0. The maximum Gasteiger partial charge on any atom is 0.311 e. The van der Waals surface area contributed by atoms with Gasteiger partial charge < -0.3 is 9.47 Å². The third-order valence-corrected chi connectivity index (χ3v) is 2.93. The van der Waals surface area contributed by atoms with Gasteiger partial charge in [-0.3, -0.25) is 4.79 Å². The van der Waals surface area contributed by atoms with E-state index in [1.54, 1.807) is 37.1 Å². The quantitative estimate of drug-likeness (QED) is 0.603. The first-order valence-electron chi connectivity index (χ1n) is 6.96. The summed E-state index contributed by atoms with van der Waals surface area (Å²) >= 11 is 0. The van der Waals surface area contributed by atoms with Crippen LogP contribution in [-0.4, -0.2) is 18.5 Å². The second-order valence-electron chi connectivity index (χ2n) is 4.50. The minimum absolute atomic E-state index is 0.0871. The maximum absolute atomic E-state index is 11.4. The number of hydrogen-bond donors (Lipinski definition) is 0. The average molecular weight is 296 g/mol. The molecule has 0 aliphatic heterocycles. The minimum atomic E-state index is -0.439. The Balaban J connectivity index is 2.07. The molecule has 0 radical (unpaired) electrons. The molecular formula is C18H16O4. The summed E-state index contributed by atoms with van der Waals surface area (Å²) < 4.78 is 10.5. The molecule has 0 aliphatic rings. The van der Waals surface area contributed by atoms with E-state index in [0.29, 0.717) is 11.3 Å². The first-order chi connectivity index (χ1) is 10.7. The molecule has 2 rings (SSSR count). The number of carbonyl (C=O) groups is 1. The molecule has 0 N–H and O–H groups in total. The predicted octanol–water partition coefficient (Wildman–Crippen LogP) is 3.65. The SMILES string of the molecule is CCOC(=O)CC(=C=O)c1ccc(Oc2ccccc2)cc1. The Labute approximate surface area is 129 Å². The number of esters is 1. The van der Waals surface area contributed by atoms with Crippen molar-refractivity contribution in [2.45, 2.75) is 13.3 Å². The molecule has 0 spiro atoms. The Morgan fingerprint density at radius 3 is 2.23 bits per heavy atom. The van der Waals surface area contributed by atoms with Crippen LogP contribution in [0.3, 0.4) is 0 Å². The van der Waals surface area contributed by atoms with Crippen molar-refractivity contribution < 1.29 is 19.1 Å². The lowest BCUT2D eigenvalue weighted by atomic mass is 10.0. The highest BCUT2D eigenvalue weighted by Crippen LogP contribution is 2.24. The molecule has 0 heterocycles. The van der Waals surface area contributed by atoms with Crippen molar-refractivity contribution in [3.8, 4) is 11.5 Å². The Morgan fingerprint density at radius 2 is 1.64 bits per heavy atom. The van der Waals surface area contributed by atoms with Crippen LogP contribution < -0.4 is 4.74 Å². The van der Waals surface area contributed by atoms with Gasteiger partial charge >= 0.3 is 5.97 Å². The Kier molecular flexibility index (Phi) is 5.52. The molecule has 0 amide bonds. The van der Waals surface area contributed by atoms with Gasteiger partial charge in [-0.2, -0.15) is 0 Å². The highest BCUT2D eigenvalue weighted by atomic mass is 16.5. The van der Waals surface area contributed by atoms with E-state index in [2.05, 4.69) is 0 Å². The lowest BCUT2D eigenvalue weighted by Gasteiger charge is -2.07. The fourth-order valence-corrected chi connectivity index (χ4v) is 1.90. The summed E-state index contributed by atoms with van der Waals surface area (Å²) in [5, 5.41) is 0. The van der Waals surface area contributed by atoms with E-state index < -0.39 is 5.97 Å². The first-order valence-corrected chi connectivity index (χ1v) is 6.96. The zero-order chi connectivity index (χ0) is 15.8. The van der Waals surface area contributed by atoms with Gasteiger partial charge in [0, 0.05) is 0 Å². The summed E-state index contributed by atoms with van der Waals surface area (Å²) in [5.41, 5.74) is 0.896. The second-order valence-corrected chi connectivity index (χ2v) is 4.50. The zero-order valence-corrected chi connectivity index (χ0v) is 12.2. The summed E-state index contributed by atoms with van der Waals surface area (Å²) in [6.45, 7) is 2.01. The summed E-state index contributed by atoms with van der Waals surface area (Å²) in [6, 6.07) is 16.3. The van der Waals surface area contributed by atoms with Crippen molar-refractivity contribution in [3.63, 3.8) is 0 Å². The number of ether oxygens (including phenoxy) is 2. The molecule has 2 aromatic carbocycles. The largest absolute Gasteiger partial charge is 0.466 e. The Hall–Kier alpha value is -2.84. The fraction of sp³-hybridized carbons (Fsp3) is 0.167. The van der Waals surface area contributed by atoms with Gasteiger partial charge in [-0.05, 0) is 36.8 Å². The second kappa shape index (κ2) is 7.81. The molecule has 0 aliphatic carbocycles. The van der Waals surface area contributed by atoms with E-state index in [-0.39, 0.29) is 18.6 Å². The fourth-order valence-electron chi connectivity index (χ4n) is 1.90. The highest BCUT2D eigenvalue weighted by Gasteiger charge is 2.10. The topological polar surface area (TPSA) is 52.6 Å². The van der Waals surface area contributed by atoms with Crippen LogP contribution in [0, 0.1) is 0 Å². The third-order valence-electron chi connectivity index (χ3n) is 2.93. The lowest BCUT2D eigenvalue weighted by Crippen LogP contribution is -2.05. The van der Waals surface area contributed by atoms with Crippen LogP contribution in [0.15, 0.2) is 54.6 Å². The maximum atomic E-state index is 11.4. The van der Waals surface area contributed by atoms with Crippen LogP contribution in [-0.2, 0) is 14.3 Å². The molecule has 22 heavy (non-hydrogen) atoms. The summed E-state index contributed by atoms with van der Waals surface area (Å²) in [4.78, 5) is 22.5. The molecule has 4 nitrogen and oxygen atoms in total. The normalized spacial score (nSPS) is 9.68. The van der Waals surface area contributed by atoms with Crippen LogP contribution in [0.2, 0.25) is 0 Å². The zero-order valence-electron chi connectivity index (χ0n) is 12.2. The molecule has 0 saturated carbocycles. The van der Waals surface area contributed by atoms with Crippen LogP contribution in [0.1, 0.15) is 18.9 Å². The number of carbonyl (C=O) groups excluding carboxylic acids is 2. The average Bonchev–Trinajstić information content (AvgIpc) is 2.55.